The van der Waals surface area contributed by atoms with Crippen molar-refractivity contribution in [3.8, 4) is 0 Å². The van der Waals surface area contributed by atoms with Crippen LogP contribution in [0.4, 0.5) is 10.5 Å². The highest BCUT2D eigenvalue weighted by molar-refractivity contribution is 7.91. The van der Waals surface area contributed by atoms with Gasteiger partial charge < -0.3 is 15.5 Å². The zero-order valence-corrected chi connectivity index (χ0v) is 17.4. The van der Waals surface area contributed by atoms with Crippen LogP contribution >= 0.6 is 0 Å². The summed E-state index contributed by atoms with van der Waals surface area (Å²) in [4.78, 5) is 14.2. The predicted molar refractivity (Wildman–Crippen MR) is 114 cm³/mol. The fourth-order valence-electron chi connectivity index (χ4n) is 3.81. The number of sulfone groups is 1. The number of anilines is 1. The third-order valence-electron chi connectivity index (χ3n) is 5.24. The molecule has 0 heterocycles. The van der Waals surface area contributed by atoms with Gasteiger partial charge in [-0.3, -0.25) is 0 Å². The van der Waals surface area contributed by atoms with Crippen molar-refractivity contribution >= 4 is 32.3 Å². The first-order valence-corrected chi connectivity index (χ1v) is 11.5. The second kappa shape index (κ2) is 8.82. The van der Waals surface area contributed by atoms with Crippen LogP contribution in [-0.2, 0) is 9.84 Å². The Morgan fingerprint density at radius 1 is 1.07 bits per heavy atom. The summed E-state index contributed by atoms with van der Waals surface area (Å²) in [7, 11) is 0.446. The Morgan fingerprint density at radius 2 is 1.75 bits per heavy atom. The normalized spacial score (nSPS) is 14.9. The Labute approximate surface area is 167 Å². The molecule has 28 heavy (non-hydrogen) atoms. The lowest BCUT2D eigenvalue weighted by atomic mass is 10.1. The number of carbonyl (C=O) groups is 1. The number of carbonyl (C=O) groups excluding carboxylic acids is 1. The Morgan fingerprint density at radius 3 is 2.46 bits per heavy atom. The van der Waals surface area contributed by atoms with Crippen LogP contribution in [0.25, 0.3) is 10.8 Å². The summed E-state index contributed by atoms with van der Waals surface area (Å²) in [5.41, 5.74) is 0.986. The first kappa shape index (κ1) is 20.5. The fourth-order valence-corrected chi connectivity index (χ4v) is 5.35. The van der Waals surface area contributed by atoms with E-state index in [1.54, 1.807) is 12.1 Å². The second-order valence-corrected chi connectivity index (χ2v) is 9.65. The van der Waals surface area contributed by atoms with Crippen molar-refractivity contribution in [2.75, 3.05) is 31.3 Å². The third kappa shape index (κ3) is 4.76. The molecule has 2 aromatic carbocycles. The molecule has 1 fully saturated rings. The molecule has 1 saturated carbocycles. The fraction of sp³-hybridized carbons (Fsp3) is 0.476. The molecular weight excluding hydrogens is 374 g/mol. The van der Waals surface area contributed by atoms with Crippen LogP contribution in [-0.4, -0.2) is 46.9 Å². The SMILES string of the molecule is CN(C)c1cccc2c(S(=O)(=O)CCCNC(=O)NC3CCCC3)cccc12. The smallest absolute Gasteiger partial charge is 0.315 e. The molecule has 2 aromatic rings. The Kier molecular flexibility index (Phi) is 6.44. The van der Waals surface area contributed by atoms with Crippen molar-refractivity contribution in [2.45, 2.75) is 43.0 Å². The maximum atomic E-state index is 12.9. The zero-order chi connectivity index (χ0) is 20.1. The lowest BCUT2D eigenvalue weighted by Gasteiger charge is -2.17. The number of nitrogens with one attached hydrogen (secondary N) is 2. The molecule has 1 aliphatic carbocycles. The quantitative estimate of drug-likeness (QED) is 0.695. The van der Waals surface area contributed by atoms with E-state index in [-0.39, 0.29) is 17.8 Å². The van der Waals surface area contributed by atoms with Crippen molar-refractivity contribution in [2.24, 2.45) is 0 Å². The summed E-state index contributed by atoms with van der Waals surface area (Å²) in [6.07, 6.45) is 4.74. The maximum absolute atomic E-state index is 12.9. The lowest BCUT2D eigenvalue weighted by molar-refractivity contribution is 0.237. The van der Waals surface area contributed by atoms with E-state index in [2.05, 4.69) is 10.6 Å². The van der Waals surface area contributed by atoms with Crippen molar-refractivity contribution in [3.63, 3.8) is 0 Å². The van der Waals surface area contributed by atoms with Crippen molar-refractivity contribution < 1.29 is 13.2 Å². The van der Waals surface area contributed by atoms with Crippen molar-refractivity contribution in [1.29, 1.82) is 0 Å². The third-order valence-corrected chi connectivity index (χ3v) is 7.09. The van der Waals surface area contributed by atoms with Gasteiger partial charge >= 0.3 is 6.03 Å². The van der Waals surface area contributed by atoms with E-state index in [1.807, 2.05) is 43.3 Å². The molecule has 152 valence electrons. The van der Waals surface area contributed by atoms with Gasteiger partial charge in [-0.15, -0.1) is 0 Å². The highest BCUT2D eigenvalue weighted by Gasteiger charge is 2.19. The Hall–Kier alpha value is -2.28. The standard InChI is InChI=1S/C21H29N3O3S/c1-24(2)19-12-5-11-18-17(19)10-6-13-20(18)28(26,27)15-7-14-22-21(25)23-16-8-3-4-9-16/h5-6,10-13,16H,3-4,7-9,14-15H2,1-2H3,(H2,22,23,25). The van der Waals surface area contributed by atoms with Crippen LogP contribution in [0.15, 0.2) is 41.3 Å². The van der Waals surface area contributed by atoms with Crippen LogP contribution in [0.1, 0.15) is 32.1 Å². The van der Waals surface area contributed by atoms with E-state index in [0.717, 1.165) is 42.1 Å². The van der Waals surface area contributed by atoms with Gasteiger partial charge in [0.05, 0.1) is 10.6 Å². The monoisotopic (exact) mass is 403 g/mol. The van der Waals surface area contributed by atoms with Gasteiger partial charge in [-0.2, -0.15) is 0 Å². The molecule has 0 unspecified atom stereocenters. The number of benzene rings is 2. The summed E-state index contributed by atoms with van der Waals surface area (Å²) in [6.45, 7) is 0.339. The second-order valence-electron chi connectivity index (χ2n) is 7.58. The zero-order valence-electron chi connectivity index (χ0n) is 16.6. The summed E-state index contributed by atoms with van der Waals surface area (Å²) in [5.74, 6) is 0.00200. The van der Waals surface area contributed by atoms with Crippen LogP contribution in [0.5, 0.6) is 0 Å². The van der Waals surface area contributed by atoms with E-state index in [1.165, 1.54) is 0 Å². The highest BCUT2D eigenvalue weighted by Crippen LogP contribution is 2.30. The number of hydrogen-bond acceptors (Lipinski definition) is 4. The van der Waals surface area contributed by atoms with Gasteiger partial charge in [-0.25, -0.2) is 13.2 Å². The molecule has 2 N–H and O–H groups in total. The first-order chi connectivity index (χ1) is 13.4. The van der Waals surface area contributed by atoms with Gasteiger partial charge in [0, 0.05) is 43.1 Å². The van der Waals surface area contributed by atoms with Crippen LogP contribution in [0.2, 0.25) is 0 Å². The summed E-state index contributed by atoms with van der Waals surface area (Å²) < 4.78 is 25.8. The summed E-state index contributed by atoms with van der Waals surface area (Å²) in [6, 6.07) is 11.2. The number of urea groups is 1. The predicted octanol–water partition coefficient (Wildman–Crippen LogP) is 3.31. The molecule has 0 saturated heterocycles. The lowest BCUT2D eigenvalue weighted by Crippen LogP contribution is -2.41. The number of fused-ring (bicyclic) bond motifs is 1. The minimum Gasteiger partial charge on any atom is -0.377 e. The van der Waals surface area contributed by atoms with Crippen molar-refractivity contribution in [1.82, 2.24) is 10.6 Å². The van der Waals surface area contributed by atoms with E-state index in [4.69, 9.17) is 0 Å². The van der Waals surface area contributed by atoms with Gasteiger partial charge in [0.25, 0.3) is 0 Å². The number of rotatable bonds is 7. The van der Waals surface area contributed by atoms with Crippen LogP contribution < -0.4 is 15.5 Å². The largest absolute Gasteiger partial charge is 0.377 e. The average molecular weight is 404 g/mol. The van der Waals surface area contributed by atoms with E-state index in [9.17, 15) is 13.2 Å². The van der Waals surface area contributed by atoms with Crippen molar-refractivity contribution in [3.05, 3.63) is 36.4 Å². The summed E-state index contributed by atoms with van der Waals surface area (Å²) >= 11 is 0. The minimum atomic E-state index is -3.44. The van der Waals surface area contributed by atoms with E-state index < -0.39 is 9.84 Å². The molecule has 0 aliphatic heterocycles. The molecule has 1 aliphatic rings. The minimum absolute atomic E-state index is 0.00200. The molecule has 0 bridgehead atoms. The molecule has 0 atom stereocenters. The molecule has 0 spiro atoms. The van der Waals surface area contributed by atoms with Gasteiger partial charge in [0.15, 0.2) is 9.84 Å². The molecule has 0 aromatic heterocycles. The van der Waals surface area contributed by atoms with Gasteiger partial charge in [0.1, 0.15) is 0 Å². The molecule has 6 nitrogen and oxygen atoms in total. The van der Waals surface area contributed by atoms with Crippen LogP contribution in [0.3, 0.4) is 0 Å². The van der Waals surface area contributed by atoms with Crippen LogP contribution in [0, 0.1) is 0 Å². The molecule has 7 heteroatoms. The van der Waals surface area contributed by atoms with E-state index in [0.29, 0.717) is 17.9 Å². The topological polar surface area (TPSA) is 78.5 Å². The van der Waals surface area contributed by atoms with Gasteiger partial charge in [-0.05, 0) is 31.4 Å². The summed E-state index contributed by atoms with van der Waals surface area (Å²) in [5, 5.41) is 7.37. The van der Waals surface area contributed by atoms with Gasteiger partial charge in [-0.1, -0.05) is 37.1 Å². The molecule has 2 amide bonds. The molecule has 3 rings (SSSR count). The molecular formula is C21H29N3O3S. The Balaban J connectivity index is 1.63. The Bertz CT molecular complexity index is 935. The number of nitrogens with zero attached hydrogens (tertiary/aromatic N) is 1. The first-order valence-electron chi connectivity index (χ1n) is 9.85. The average Bonchev–Trinajstić information content (AvgIpc) is 3.17. The highest BCUT2D eigenvalue weighted by atomic mass is 32.2. The van der Waals surface area contributed by atoms with Gasteiger partial charge in [0.2, 0.25) is 0 Å². The number of amides is 2. The molecule has 0 radical (unpaired) electrons. The number of hydrogen-bond donors (Lipinski definition) is 2. The van der Waals surface area contributed by atoms with E-state index >= 15 is 0 Å². The maximum Gasteiger partial charge on any atom is 0.315 e.